The Labute approximate surface area is 434 Å². The van der Waals surface area contributed by atoms with E-state index in [1.807, 2.05) is 0 Å². The Morgan fingerprint density at radius 1 is 0.257 bits per heavy atom. The van der Waals surface area contributed by atoms with Crippen molar-refractivity contribution in [2.75, 3.05) is 9.80 Å². The topological polar surface area (TPSA) is 32.3 Å². The predicted molar refractivity (Wildman–Crippen MR) is 308 cm³/mol. The summed E-state index contributed by atoms with van der Waals surface area (Å²) in [4.78, 5) is 14.4. The van der Waals surface area contributed by atoms with Crippen LogP contribution in [0.1, 0.15) is 49.9 Å². The molecule has 0 spiro atoms. The van der Waals surface area contributed by atoms with Gasteiger partial charge in [0, 0.05) is 56.1 Å². The van der Waals surface area contributed by atoms with Gasteiger partial charge in [0.1, 0.15) is 6.33 Å². The molecule has 1 heterocycles. The van der Waals surface area contributed by atoms with Crippen LogP contribution in [-0.4, -0.2) is 9.97 Å². The molecule has 0 fully saturated rings. The van der Waals surface area contributed by atoms with Gasteiger partial charge in [-0.15, -0.1) is 0 Å². The Morgan fingerprint density at radius 2 is 0.554 bits per heavy atom. The molecule has 0 radical (unpaired) electrons. The van der Waals surface area contributed by atoms with Crippen molar-refractivity contribution in [3.63, 3.8) is 0 Å². The first-order chi connectivity index (χ1) is 36.2. The monoisotopic (exact) mass is 950 g/mol. The number of aromatic nitrogens is 2. The molecule has 2 aliphatic carbocycles. The predicted octanol–water partition coefficient (Wildman–Crippen LogP) is 18.7. The molecular weight excluding hydrogens is 897 g/mol. The summed E-state index contributed by atoms with van der Waals surface area (Å²) in [6.07, 6.45) is 1.68. The van der Waals surface area contributed by atoms with Crippen molar-refractivity contribution in [2.24, 2.45) is 0 Å². The van der Waals surface area contributed by atoms with Crippen molar-refractivity contribution in [2.45, 2.75) is 38.5 Å². The lowest BCUT2D eigenvalue weighted by Crippen LogP contribution is -2.16. The number of hydrogen-bond acceptors (Lipinski definition) is 4. The Kier molecular flexibility index (Phi) is 10.8. The van der Waals surface area contributed by atoms with Gasteiger partial charge < -0.3 is 9.80 Å². The summed E-state index contributed by atoms with van der Waals surface area (Å²) in [6.45, 7) is 9.37. The number of fused-ring (bicyclic) bond motifs is 6. The van der Waals surface area contributed by atoms with Crippen LogP contribution in [0.5, 0.6) is 0 Å². The second kappa shape index (κ2) is 17.9. The van der Waals surface area contributed by atoms with E-state index >= 15 is 0 Å². The van der Waals surface area contributed by atoms with Crippen LogP contribution in [0.3, 0.4) is 0 Å². The van der Waals surface area contributed by atoms with E-state index in [9.17, 15) is 0 Å². The molecule has 2 aliphatic rings. The molecule has 11 aromatic rings. The molecule has 0 amide bonds. The van der Waals surface area contributed by atoms with Crippen LogP contribution in [0.4, 0.5) is 34.1 Å². The van der Waals surface area contributed by atoms with Crippen LogP contribution in [0.25, 0.3) is 67.0 Å². The molecule has 0 atom stereocenters. The van der Waals surface area contributed by atoms with Crippen LogP contribution in [0, 0.1) is 0 Å². The molecule has 0 N–H and O–H groups in total. The molecule has 13 rings (SSSR count). The van der Waals surface area contributed by atoms with E-state index in [2.05, 4.69) is 286 Å². The smallest absolute Gasteiger partial charge is 0.116 e. The second-order valence-electron chi connectivity index (χ2n) is 20.7. The summed E-state index contributed by atoms with van der Waals surface area (Å²) in [6, 6.07) is 90.3. The molecular formula is C70H54N4. The average molecular weight is 951 g/mol. The van der Waals surface area contributed by atoms with Crippen molar-refractivity contribution in [3.05, 3.63) is 277 Å². The van der Waals surface area contributed by atoms with E-state index in [1.54, 1.807) is 6.33 Å². The van der Waals surface area contributed by atoms with Gasteiger partial charge in [0.2, 0.25) is 0 Å². The van der Waals surface area contributed by atoms with E-state index in [1.165, 1.54) is 66.8 Å². The molecule has 0 saturated carbocycles. The Morgan fingerprint density at radius 3 is 0.932 bits per heavy atom. The summed E-state index contributed by atoms with van der Waals surface area (Å²) in [5.41, 5.74) is 25.5. The summed E-state index contributed by atoms with van der Waals surface area (Å²) in [5, 5.41) is 0. The fourth-order valence-electron chi connectivity index (χ4n) is 11.7. The number of rotatable bonds is 10. The van der Waals surface area contributed by atoms with Gasteiger partial charge >= 0.3 is 0 Å². The van der Waals surface area contributed by atoms with E-state index in [-0.39, 0.29) is 10.8 Å². The second-order valence-corrected chi connectivity index (χ2v) is 20.7. The van der Waals surface area contributed by atoms with Crippen LogP contribution >= 0.6 is 0 Å². The zero-order valence-corrected chi connectivity index (χ0v) is 42.0. The maximum atomic E-state index is 4.82. The van der Waals surface area contributed by atoms with Gasteiger partial charge in [-0.25, -0.2) is 9.97 Å². The summed E-state index contributed by atoms with van der Waals surface area (Å²) >= 11 is 0. The molecule has 0 bridgehead atoms. The van der Waals surface area contributed by atoms with Crippen molar-refractivity contribution < 1.29 is 0 Å². The normalized spacial score (nSPS) is 13.4. The molecule has 354 valence electrons. The fraction of sp³-hybridized carbons (Fsp3) is 0.0857. The highest BCUT2D eigenvalue weighted by Crippen LogP contribution is 2.52. The van der Waals surface area contributed by atoms with Crippen molar-refractivity contribution in [1.29, 1.82) is 0 Å². The van der Waals surface area contributed by atoms with Gasteiger partial charge in [-0.05, 0) is 146 Å². The van der Waals surface area contributed by atoms with Crippen molar-refractivity contribution >= 4 is 34.1 Å². The molecule has 0 saturated heterocycles. The molecule has 4 nitrogen and oxygen atoms in total. The third-order valence-corrected chi connectivity index (χ3v) is 15.6. The molecule has 10 aromatic carbocycles. The highest BCUT2D eigenvalue weighted by atomic mass is 15.1. The van der Waals surface area contributed by atoms with Gasteiger partial charge in [-0.2, -0.15) is 0 Å². The first-order valence-corrected chi connectivity index (χ1v) is 25.6. The van der Waals surface area contributed by atoms with E-state index < -0.39 is 0 Å². The SMILES string of the molecule is CC1(C)c2ccccc2-c2ccc(N(c3ccc(-c4ccccc4)cc3)c3ccc(-c4cc(-c5ccc(N(c6ccc(-c7ccccc7)cc6)c6ccc7c(c6)C(C)(C)c6ccccc6-7)cc5)ncn4)cc3)cc21. The molecule has 0 aliphatic heterocycles. The van der Waals surface area contributed by atoms with Crippen molar-refractivity contribution in [3.8, 4) is 67.0 Å². The molecule has 1 aromatic heterocycles. The molecule has 74 heavy (non-hydrogen) atoms. The lowest BCUT2D eigenvalue weighted by molar-refractivity contribution is 0.660. The summed E-state index contributed by atoms with van der Waals surface area (Å²) in [7, 11) is 0. The first-order valence-electron chi connectivity index (χ1n) is 25.6. The van der Waals surface area contributed by atoms with Crippen LogP contribution < -0.4 is 9.80 Å². The van der Waals surface area contributed by atoms with Gasteiger partial charge in [-0.1, -0.05) is 198 Å². The minimum absolute atomic E-state index is 0.124. The van der Waals surface area contributed by atoms with Crippen LogP contribution in [0.2, 0.25) is 0 Å². The highest BCUT2D eigenvalue weighted by Gasteiger charge is 2.37. The number of hydrogen-bond donors (Lipinski definition) is 0. The van der Waals surface area contributed by atoms with Crippen LogP contribution in [0.15, 0.2) is 255 Å². The Balaban J connectivity index is 0.824. The minimum Gasteiger partial charge on any atom is -0.310 e. The third kappa shape index (κ3) is 7.70. The summed E-state index contributed by atoms with van der Waals surface area (Å²) in [5.74, 6) is 0. The van der Waals surface area contributed by atoms with E-state index in [0.29, 0.717) is 0 Å². The van der Waals surface area contributed by atoms with Crippen molar-refractivity contribution in [1.82, 2.24) is 9.97 Å². The number of nitrogens with zero attached hydrogens (tertiary/aromatic N) is 4. The average Bonchev–Trinajstić information content (AvgIpc) is 3.84. The third-order valence-electron chi connectivity index (χ3n) is 15.6. The van der Waals surface area contributed by atoms with Gasteiger partial charge in [0.25, 0.3) is 0 Å². The fourth-order valence-corrected chi connectivity index (χ4v) is 11.7. The highest BCUT2D eigenvalue weighted by molar-refractivity contribution is 5.88. The first kappa shape index (κ1) is 44.8. The number of anilines is 6. The van der Waals surface area contributed by atoms with Gasteiger partial charge in [0.15, 0.2) is 0 Å². The molecule has 0 unspecified atom stereocenters. The van der Waals surface area contributed by atoms with E-state index in [4.69, 9.17) is 9.97 Å². The van der Waals surface area contributed by atoms with Gasteiger partial charge in [0.05, 0.1) is 11.4 Å². The minimum atomic E-state index is -0.124. The largest absolute Gasteiger partial charge is 0.310 e. The lowest BCUT2D eigenvalue weighted by atomic mass is 9.82. The quantitative estimate of drug-likeness (QED) is 0.137. The zero-order chi connectivity index (χ0) is 50.0. The lowest BCUT2D eigenvalue weighted by Gasteiger charge is -2.28. The maximum Gasteiger partial charge on any atom is 0.116 e. The maximum absolute atomic E-state index is 4.82. The molecule has 4 heteroatoms. The standard InChI is InChI=1S/C70H54N4/c1-69(2)63-21-13-11-19-59(63)61-41-39-57(43-65(61)69)73(53-31-23-49(24-32-53)47-15-7-5-8-16-47)55-35-27-51(28-36-55)67-45-68(72-46-71-67)52-29-37-56(38-30-52)74(54-33-25-50(26-34-54)48-17-9-6-10-18-48)58-40-42-62-60-20-12-14-22-64(60)70(3,4)66(62)44-58/h5-46H,1-4H3. The zero-order valence-electron chi connectivity index (χ0n) is 42.0. The summed E-state index contributed by atoms with van der Waals surface area (Å²) < 4.78 is 0. The van der Waals surface area contributed by atoms with E-state index in [0.717, 1.165) is 56.6 Å². The Bertz CT molecular complexity index is 3610. The van der Waals surface area contributed by atoms with Gasteiger partial charge in [-0.3, -0.25) is 0 Å². The Hall–Kier alpha value is -9.12. The van der Waals surface area contributed by atoms with Crippen LogP contribution in [-0.2, 0) is 10.8 Å². The number of benzene rings is 10.